The van der Waals surface area contributed by atoms with Crippen LogP contribution in [0.2, 0.25) is 0 Å². The minimum absolute atomic E-state index is 0.212. The highest BCUT2D eigenvalue weighted by atomic mass is 32.2. The Morgan fingerprint density at radius 1 is 1.03 bits per heavy atom. The molecule has 2 aromatic rings. The Labute approximate surface area is 197 Å². The summed E-state index contributed by atoms with van der Waals surface area (Å²) in [7, 11) is -3.73. The monoisotopic (exact) mass is 473 g/mol. The number of nitrogens with one attached hydrogen (secondary N) is 1. The molecular weight excluding hydrogens is 438 g/mol. The zero-order valence-electron chi connectivity index (χ0n) is 20.2. The van der Waals surface area contributed by atoms with Crippen LogP contribution in [0.4, 0.5) is 5.69 Å². The fraction of sp³-hybridized carbons (Fsp3) is 0.440. The second-order valence-electron chi connectivity index (χ2n) is 8.28. The largest absolute Gasteiger partial charge is 0.354 e. The Balaban J connectivity index is 2.44. The highest BCUT2D eigenvalue weighted by Gasteiger charge is 2.31. The van der Waals surface area contributed by atoms with E-state index >= 15 is 0 Å². The van der Waals surface area contributed by atoms with Crippen molar-refractivity contribution in [1.29, 1.82) is 0 Å². The molecule has 0 radical (unpaired) electrons. The van der Waals surface area contributed by atoms with Crippen LogP contribution in [0.5, 0.6) is 0 Å². The van der Waals surface area contributed by atoms with Gasteiger partial charge in [-0.25, -0.2) is 8.42 Å². The number of carbonyl (C=O) groups excluding carboxylic acids is 2. The third kappa shape index (κ3) is 7.32. The summed E-state index contributed by atoms with van der Waals surface area (Å²) in [5.74, 6) is -0.661. The Bertz CT molecular complexity index is 1070. The standard InChI is InChI=1S/C25H35N3O4S/c1-6-15-26-25(30)22(7-2)27(17-21-13-10-11-19(3)16-21)24(29)18-28(33(5,31)32)23-14-9-8-12-20(23)4/h8-14,16,22H,6-7,15,17-18H2,1-5H3,(H,26,30). The van der Waals surface area contributed by atoms with Crippen LogP contribution >= 0.6 is 0 Å². The lowest BCUT2D eigenvalue weighted by atomic mass is 10.1. The van der Waals surface area contributed by atoms with E-state index in [9.17, 15) is 18.0 Å². The zero-order chi connectivity index (χ0) is 24.6. The molecule has 0 aliphatic heterocycles. The summed E-state index contributed by atoms with van der Waals surface area (Å²) in [5.41, 5.74) is 3.12. The molecule has 0 saturated carbocycles. The van der Waals surface area contributed by atoms with Crippen LogP contribution in [-0.2, 0) is 26.2 Å². The van der Waals surface area contributed by atoms with Crippen LogP contribution in [0.15, 0.2) is 48.5 Å². The Hall–Kier alpha value is -2.87. The number of hydrogen-bond acceptors (Lipinski definition) is 4. The molecule has 33 heavy (non-hydrogen) atoms. The molecule has 0 aliphatic carbocycles. The van der Waals surface area contributed by atoms with Crippen molar-refractivity contribution in [3.63, 3.8) is 0 Å². The number of nitrogens with zero attached hydrogens (tertiary/aromatic N) is 2. The molecule has 8 heteroatoms. The van der Waals surface area contributed by atoms with Crippen molar-refractivity contribution < 1.29 is 18.0 Å². The molecule has 1 unspecified atom stereocenters. The minimum atomic E-state index is -3.73. The lowest BCUT2D eigenvalue weighted by Gasteiger charge is -2.33. The van der Waals surface area contributed by atoms with Gasteiger partial charge in [-0.15, -0.1) is 0 Å². The van der Waals surface area contributed by atoms with Crippen molar-refractivity contribution in [3.8, 4) is 0 Å². The predicted molar refractivity (Wildman–Crippen MR) is 132 cm³/mol. The van der Waals surface area contributed by atoms with Gasteiger partial charge in [-0.2, -0.15) is 0 Å². The van der Waals surface area contributed by atoms with Crippen LogP contribution in [0.3, 0.4) is 0 Å². The third-order valence-electron chi connectivity index (χ3n) is 5.43. The van der Waals surface area contributed by atoms with Crippen LogP contribution in [0.25, 0.3) is 0 Å². The van der Waals surface area contributed by atoms with Gasteiger partial charge in [-0.1, -0.05) is 61.9 Å². The molecule has 0 aromatic heterocycles. The molecule has 0 bridgehead atoms. The third-order valence-corrected chi connectivity index (χ3v) is 6.56. The number of sulfonamides is 1. The maximum atomic E-state index is 13.6. The topological polar surface area (TPSA) is 86.8 Å². The molecule has 0 fully saturated rings. The number of aryl methyl sites for hydroxylation is 2. The van der Waals surface area contributed by atoms with Gasteiger partial charge in [0, 0.05) is 13.1 Å². The average molecular weight is 474 g/mol. The summed E-state index contributed by atoms with van der Waals surface area (Å²) in [5, 5.41) is 2.88. The van der Waals surface area contributed by atoms with Crippen molar-refractivity contribution in [1.82, 2.24) is 10.2 Å². The number of para-hydroxylation sites is 1. The van der Waals surface area contributed by atoms with Crippen molar-refractivity contribution in [3.05, 3.63) is 65.2 Å². The van der Waals surface area contributed by atoms with Gasteiger partial charge in [0.2, 0.25) is 21.8 Å². The van der Waals surface area contributed by atoms with E-state index in [0.29, 0.717) is 18.7 Å². The predicted octanol–water partition coefficient (Wildman–Crippen LogP) is 3.40. The Morgan fingerprint density at radius 2 is 1.73 bits per heavy atom. The summed E-state index contributed by atoms with van der Waals surface area (Å²) in [6, 6.07) is 14.1. The maximum absolute atomic E-state index is 13.6. The summed E-state index contributed by atoms with van der Waals surface area (Å²) in [4.78, 5) is 28.0. The fourth-order valence-electron chi connectivity index (χ4n) is 3.73. The molecule has 0 aliphatic rings. The first-order valence-corrected chi connectivity index (χ1v) is 13.1. The number of hydrogen-bond donors (Lipinski definition) is 1. The first-order valence-electron chi connectivity index (χ1n) is 11.2. The van der Waals surface area contributed by atoms with E-state index in [-0.39, 0.29) is 19.0 Å². The average Bonchev–Trinajstić information content (AvgIpc) is 2.75. The lowest BCUT2D eigenvalue weighted by Crippen LogP contribution is -2.52. The molecule has 2 rings (SSSR count). The smallest absolute Gasteiger partial charge is 0.244 e. The summed E-state index contributed by atoms with van der Waals surface area (Å²) in [6.45, 7) is 7.92. The van der Waals surface area contributed by atoms with E-state index < -0.39 is 22.0 Å². The molecule has 1 atom stereocenters. The molecule has 0 saturated heterocycles. The minimum Gasteiger partial charge on any atom is -0.354 e. The van der Waals surface area contributed by atoms with Crippen molar-refractivity contribution in [2.24, 2.45) is 0 Å². The van der Waals surface area contributed by atoms with Gasteiger partial charge < -0.3 is 10.2 Å². The van der Waals surface area contributed by atoms with Gasteiger partial charge >= 0.3 is 0 Å². The first-order chi connectivity index (χ1) is 15.6. The van der Waals surface area contributed by atoms with Gasteiger partial charge in [0.25, 0.3) is 0 Å². The number of amides is 2. The van der Waals surface area contributed by atoms with Gasteiger partial charge in [0.1, 0.15) is 12.6 Å². The number of carbonyl (C=O) groups is 2. The van der Waals surface area contributed by atoms with E-state index in [1.807, 2.05) is 51.1 Å². The van der Waals surface area contributed by atoms with E-state index in [2.05, 4.69) is 5.32 Å². The zero-order valence-corrected chi connectivity index (χ0v) is 21.0. The number of rotatable bonds is 11. The van der Waals surface area contributed by atoms with Crippen LogP contribution < -0.4 is 9.62 Å². The van der Waals surface area contributed by atoms with Crippen molar-refractivity contribution in [2.45, 2.75) is 53.1 Å². The Kier molecular flexibility index (Phi) is 9.46. The molecule has 0 heterocycles. The molecule has 1 N–H and O–H groups in total. The summed E-state index contributed by atoms with van der Waals surface area (Å²) in [6.07, 6.45) is 2.28. The van der Waals surface area contributed by atoms with Crippen molar-refractivity contribution >= 4 is 27.5 Å². The van der Waals surface area contributed by atoms with Gasteiger partial charge in [0.15, 0.2) is 0 Å². The normalized spacial score (nSPS) is 12.2. The molecule has 2 aromatic carbocycles. The molecule has 2 amide bonds. The molecule has 7 nitrogen and oxygen atoms in total. The molecule has 180 valence electrons. The molecular formula is C25H35N3O4S. The summed E-state index contributed by atoms with van der Waals surface area (Å²) < 4.78 is 26.4. The van der Waals surface area contributed by atoms with Crippen LogP contribution in [0.1, 0.15) is 43.4 Å². The SMILES string of the molecule is CCCNC(=O)C(CC)N(Cc1cccc(C)c1)C(=O)CN(c1ccccc1C)S(C)(=O)=O. The highest BCUT2D eigenvalue weighted by molar-refractivity contribution is 7.92. The highest BCUT2D eigenvalue weighted by Crippen LogP contribution is 2.23. The maximum Gasteiger partial charge on any atom is 0.244 e. The number of anilines is 1. The van der Waals surface area contributed by atoms with E-state index in [1.165, 1.54) is 4.90 Å². The quantitative estimate of drug-likeness (QED) is 0.542. The van der Waals surface area contributed by atoms with E-state index in [0.717, 1.165) is 33.7 Å². The Morgan fingerprint density at radius 3 is 2.30 bits per heavy atom. The van der Waals surface area contributed by atoms with Gasteiger partial charge in [-0.3, -0.25) is 13.9 Å². The summed E-state index contributed by atoms with van der Waals surface area (Å²) >= 11 is 0. The van der Waals surface area contributed by atoms with Crippen LogP contribution in [0, 0.1) is 13.8 Å². The lowest BCUT2D eigenvalue weighted by molar-refractivity contribution is -0.140. The van der Waals surface area contributed by atoms with Crippen molar-refractivity contribution in [2.75, 3.05) is 23.7 Å². The second-order valence-corrected chi connectivity index (χ2v) is 10.2. The van der Waals surface area contributed by atoms with E-state index in [4.69, 9.17) is 0 Å². The number of benzene rings is 2. The molecule has 0 spiro atoms. The fourth-order valence-corrected chi connectivity index (χ4v) is 4.64. The second kappa shape index (κ2) is 11.8. The van der Waals surface area contributed by atoms with Gasteiger partial charge in [-0.05, 0) is 43.9 Å². The first kappa shape index (κ1) is 26.4. The van der Waals surface area contributed by atoms with E-state index in [1.54, 1.807) is 25.1 Å². The van der Waals surface area contributed by atoms with Gasteiger partial charge in [0.05, 0.1) is 11.9 Å². The van der Waals surface area contributed by atoms with Crippen LogP contribution in [-0.4, -0.2) is 50.5 Å².